The number of anilines is 1. The first kappa shape index (κ1) is 20.1. The summed E-state index contributed by atoms with van der Waals surface area (Å²) in [4.78, 5) is 20.8. The van der Waals surface area contributed by atoms with E-state index in [0.29, 0.717) is 24.3 Å². The number of carbonyl (C=O) groups is 1. The van der Waals surface area contributed by atoms with Gasteiger partial charge in [-0.05, 0) is 48.5 Å². The highest BCUT2D eigenvalue weighted by atomic mass is 32.2. The molecule has 3 aromatic rings. The molecule has 1 amide bonds. The number of sulfonamides is 1. The second kappa shape index (κ2) is 8.68. The van der Waals surface area contributed by atoms with Crippen molar-refractivity contribution in [2.45, 2.75) is 11.4 Å². The lowest BCUT2D eigenvalue weighted by atomic mass is 10.2. The minimum Gasteiger partial charge on any atom is -0.468 e. The molecule has 0 radical (unpaired) electrons. The van der Waals surface area contributed by atoms with E-state index in [-0.39, 0.29) is 10.8 Å². The van der Waals surface area contributed by atoms with Crippen LogP contribution in [0.4, 0.5) is 5.69 Å². The van der Waals surface area contributed by atoms with Crippen LogP contribution < -0.4 is 4.72 Å². The lowest BCUT2D eigenvalue weighted by Crippen LogP contribution is -2.48. The summed E-state index contributed by atoms with van der Waals surface area (Å²) in [5.41, 5.74) is 0.898. The van der Waals surface area contributed by atoms with E-state index in [0.717, 1.165) is 25.4 Å². The van der Waals surface area contributed by atoms with Gasteiger partial charge in [0, 0.05) is 44.1 Å². The van der Waals surface area contributed by atoms with Gasteiger partial charge in [0.25, 0.3) is 15.9 Å². The molecule has 0 unspecified atom stereocenters. The average Bonchev–Trinajstić information content (AvgIpc) is 3.27. The Morgan fingerprint density at radius 1 is 1.00 bits per heavy atom. The summed E-state index contributed by atoms with van der Waals surface area (Å²) in [7, 11) is -3.73. The third-order valence-corrected chi connectivity index (χ3v) is 6.36. The zero-order chi connectivity index (χ0) is 21.0. The molecule has 1 aliphatic heterocycles. The van der Waals surface area contributed by atoms with Gasteiger partial charge in [0.15, 0.2) is 0 Å². The van der Waals surface area contributed by atoms with Crippen molar-refractivity contribution in [3.8, 4) is 0 Å². The Hall–Kier alpha value is -3.17. The number of benzene rings is 1. The molecule has 0 saturated carbocycles. The minimum absolute atomic E-state index is 0.0964. The fourth-order valence-electron chi connectivity index (χ4n) is 3.33. The molecular weight excluding hydrogens is 404 g/mol. The van der Waals surface area contributed by atoms with Gasteiger partial charge in [-0.2, -0.15) is 0 Å². The number of amides is 1. The fourth-order valence-corrected chi connectivity index (χ4v) is 4.38. The summed E-state index contributed by atoms with van der Waals surface area (Å²) in [5.74, 6) is 0.811. The van der Waals surface area contributed by atoms with Gasteiger partial charge in [-0.25, -0.2) is 8.42 Å². The highest BCUT2D eigenvalue weighted by Gasteiger charge is 2.23. The van der Waals surface area contributed by atoms with E-state index in [4.69, 9.17) is 4.42 Å². The number of nitrogens with one attached hydrogen (secondary N) is 1. The number of rotatable bonds is 6. The number of furan rings is 1. The van der Waals surface area contributed by atoms with Crippen molar-refractivity contribution >= 4 is 21.6 Å². The van der Waals surface area contributed by atoms with Crippen molar-refractivity contribution < 1.29 is 17.6 Å². The molecule has 0 aliphatic carbocycles. The van der Waals surface area contributed by atoms with E-state index >= 15 is 0 Å². The smallest absolute Gasteiger partial charge is 0.261 e. The van der Waals surface area contributed by atoms with Crippen LogP contribution in [-0.2, 0) is 16.6 Å². The standard InChI is InChI=1S/C21H22N4O4S/c26-21(25-13-11-24(12-14-25)16-19-2-1-15-29-19)17-3-5-20(6-4-17)30(27,28)23-18-7-9-22-10-8-18/h1-10,15H,11-14,16H2,(H,22,23). The third-order valence-electron chi connectivity index (χ3n) is 4.96. The maximum Gasteiger partial charge on any atom is 0.261 e. The number of carbonyl (C=O) groups excluding carboxylic acids is 1. The van der Waals surface area contributed by atoms with E-state index < -0.39 is 10.0 Å². The summed E-state index contributed by atoms with van der Waals surface area (Å²) < 4.78 is 32.9. The van der Waals surface area contributed by atoms with E-state index in [1.165, 1.54) is 24.5 Å². The Labute approximate surface area is 175 Å². The van der Waals surface area contributed by atoms with Gasteiger partial charge < -0.3 is 9.32 Å². The molecule has 1 saturated heterocycles. The zero-order valence-corrected chi connectivity index (χ0v) is 17.1. The van der Waals surface area contributed by atoms with E-state index in [1.807, 2.05) is 12.1 Å². The number of aromatic nitrogens is 1. The van der Waals surface area contributed by atoms with Crippen LogP contribution in [0.1, 0.15) is 16.1 Å². The Kier molecular flexibility index (Phi) is 5.82. The summed E-state index contributed by atoms with van der Waals surface area (Å²) in [6, 6.07) is 13.0. The largest absolute Gasteiger partial charge is 0.468 e. The molecule has 0 spiro atoms. The van der Waals surface area contributed by atoms with Crippen LogP contribution >= 0.6 is 0 Å². The van der Waals surface area contributed by atoms with Gasteiger partial charge in [0.1, 0.15) is 5.76 Å². The normalized spacial score (nSPS) is 15.1. The first-order valence-electron chi connectivity index (χ1n) is 9.58. The molecule has 0 bridgehead atoms. The second-order valence-electron chi connectivity index (χ2n) is 7.01. The molecule has 30 heavy (non-hydrogen) atoms. The van der Waals surface area contributed by atoms with E-state index in [9.17, 15) is 13.2 Å². The van der Waals surface area contributed by atoms with Gasteiger partial charge in [0.05, 0.1) is 23.4 Å². The van der Waals surface area contributed by atoms with Gasteiger partial charge in [-0.3, -0.25) is 19.4 Å². The average molecular weight is 426 g/mol. The van der Waals surface area contributed by atoms with Gasteiger partial charge >= 0.3 is 0 Å². The first-order chi connectivity index (χ1) is 14.5. The molecule has 2 aromatic heterocycles. The van der Waals surface area contributed by atoms with Crippen molar-refractivity contribution in [3.63, 3.8) is 0 Å². The molecule has 1 aromatic carbocycles. The predicted molar refractivity (Wildman–Crippen MR) is 111 cm³/mol. The van der Waals surface area contributed by atoms with Crippen molar-refractivity contribution in [1.29, 1.82) is 0 Å². The maximum absolute atomic E-state index is 12.8. The Balaban J connectivity index is 1.36. The Morgan fingerprint density at radius 3 is 2.33 bits per heavy atom. The number of hydrogen-bond acceptors (Lipinski definition) is 6. The number of piperazine rings is 1. The summed E-state index contributed by atoms with van der Waals surface area (Å²) in [6.07, 6.45) is 4.67. The fraction of sp³-hybridized carbons (Fsp3) is 0.238. The van der Waals surface area contributed by atoms with Crippen molar-refractivity contribution in [1.82, 2.24) is 14.8 Å². The predicted octanol–water partition coefficient (Wildman–Crippen LogP) is 2.43. The van der Waals surface area contributed by atoms with Gasteiger partial charge in [-0.15, -0.1) is 0 Å². The number of pyridine rings is 1. The van der Waals surface area contributed by atoms with Crippen molar-refractivity contribution in [2.75, 3.05) is 30.9 Å². The van der Waals surface area contributed by atoms with Crippen LogP contribution in [0.2, 0.25) is 0 Å². The second-order valence-corrected chi connectivity index (χ2v) is 8.70. The summed E-state index contributed by atoms with van der Waals surface area (Å²) >= 11 is 0. The van der Waals surface area contributed by atoms with Crippen LogP contribution in [0.25, 0.3) is 0 Å². The zero-order valence-electron chi connectivity index (χ0n) is 16.3. The molecule has 0 atom stereocenters. The topological polar surface area (TPSA) is 95.7 Å². The van der Waals surface area contributed by atoms with E-state index in [1.54, 1.807) is 35.4 Å². The van der Waals surface area contributed by atoms with E-state index in [2.05, 4.69) is 14.6 Å². The van der Waals surface area contributed by atoms with Crippen LogP contribution in [-0.4, -0.2) is 55.3 Å². The lowest BCUT2D eigenvalue weighted by molar-refractivity contribution is 0.0620. The van der Waals surface area contributed by atoms with Crippen LogP contribution in [0.3, 0.4) is 0 Å². The Bertz CT molecular complexity index is 1080. The molecule has 3 heterocycles. The molecule has 4 rings (SSSR count). The SMILES string of the molecule is O=C(c1ccc(S(=O)(=O)Nc2ccncc2)cc1)N1CCN(Cc2ccco2)CC1. The van der Waals surface area contributed by atoms with Gasteiger partial charge in [0.2, 0.25) is 0 Å². The highest BCUT2D eigenvalue weighted by molar-refractivity contribution is 7.92. The van der Waals surface area contributed by atoms with Crippen LogP contribution in [0, 0.1) is 0 Å². The molecule has 1 aliphatic rings. The summed E-state index contributed by atoms with van der Waals surface area (Å²) in [6.45, 7) is 3.47. The molecule has 1 fully saturated rings. The highest BCUT2D eigenvalue weighted by Crippen LogP contribution is 2.17. The van der Waals surface area contributed by atoms with Crippen molar-refractivity contribution in [2.24, 2.45) is 0 Å². The number of nitrogens with zero attached hydrogens (tertiary/aromatic N) is 3. The van der Waals surface area contributed by atoms with Crippen LogP contribution in [0.5, 0.6) is 0 Å². The minimum atomic E-state index is -3.73. The van der Waals surface area contributed by atoms with Crippen molar-refractivity contribution in [3.05, 3.63) is 78.5 Å². The van der Waals surface area contributed by atoms with Crippen LogP contribution in [0.15, 0.2) is 76.5 Å². The molecule has 156 valence electrons. The maximum atomic E-state index is 12.8. The monoisotopic (exact) mass is 426 g/mol. The summed E-state index contributed by atoms with van der Waals surface area (Å²) in [5, 5.41) is 0. The number of hydrogen-bond donors (Lipinski definition) is 1. The molecule has 9 heteroatoms. The molecular formula is C21H22N4O4S. The van der Waals surface area contributed by atoms with Gasteiger partial charge in [-0.1, -0.05) is 0 Å². The Morgan fingerprint density at radius 2 is 1.70 bits per heavy atom. The third kappa shape index (κ3) is 4.69. The quantitative estimate of drug-likeness (QED) is 0.650. The molecule has 1 N–H and O–H groups in total. The first-order valence-corrected chi connectivity index (χ1v) is 11.1. The molecule has 8 nitrogen and oxygen atoms in total. The lowest BCUT2D eigenvalue weighted by Gasteiger charge is -2.34.